The van der Waals surface area contributed by atoms with Crippen molar-refractivity contribution in [1.29, 1.82) is 5.26 Å². The number of halogens is 3. The van der Waals surface area contributed by atoms with Crippen LogP contribution in [-0.4, -0.2) is 47.6 Å². The fourth-order valence-corrected chi connectivity index (χ4v) is 4.67. The maximum absolute atomic E-state index is 12.5. The highest BCUT2D eigenvalue weighted by atomic mass is 32.2. The Hall–Kier alpha value is -3.63. The number of rotatable bonds is 5. The quantitative estimate of drug-likeness (QED) is 0.457. The number of amides is 1. The Balaban J connectivity index is 0.000000572. The molecule has 0 aliphatic carbocycles. The molecular weight excluding hydrogens is 519 g/mol. The Bertz CT molecular complexity index is 1450. The van der Waals surface area contributed by atoms with E-state index in [9.17, 15) is 31.6 Å². The average molecular weight is 540 g/mol. The van der Waals surface area contributed by atoms with Crippen LogP contribution in [0.15, 0.2) is 59.8 Å². The molecule has 1 heterocycles. The summed E-state index contributed by atoms with van der Waals surface area (Å²) in [6, 6.07) is 15.2. The number of carbonyl (C=O) groups excluding carboxylic acids is 1. The van der Waals surface area contributed by atoms with Gasteiger partial charge in [-0.3, -0.25) is 14.5 Å². The van der Waals surface area contributed by atoms with Crippen LogP contribution in [0.2, 0.25) is 0 Å². The molecule has 0 radical (unpaired) electrons. The molecule has 0 aliphatic rings. The molecule has 1 amide bonds. The molecule has 2 N–H and O–H groups in total. The highest BCUT2D eigenvalue weighted by Gasteiger charge is 2.38. The SMILES string of the molecule is CC(C)(Sc1ccncc1-c1ccc(C#N)c2ccccc12)C(=O)NS(C)(=O)=O.O=C(O)C(F)(F)F. The molecule has 0 unspecified atom stereocenters. The minimum atomic E-state index is -5.08. The van der Waals surface area contributed by atoms with Crippen molar-refractivity contribution < 1.29 is 36.3 Å². The number of carbonyl (C=O) groups is 2. The maximum Gasteiger partial charge on any atom is 0.490 e. The second-order valence-electron chi connectivity index (χ2n) is 7.81. The van der Waals surface area contributed by atoms with Crippen LogP contribution in [0.25, 0.3) is 21.9 Å². The molecule has 0 saturated carbocycles. The van der Waals surface area contributed by atoms with Gasteiger partial charge in [0.1, 0.15) is 0 Å². The summed E-state index contributed by atoms with van der Waals surface area (Å²) in [5.74, 6) is -3.36. The number of hydrogen-bond donors (Lipinski definition) is 2. The van der Waals surface area contributed by atoms with Crippen molar-refractivity contribution in [3.8, 4) is 17.2 Å². The van der Waals surface area contributed by atoms with E-state index in [2.05, 4.69) is 11.1 Å². The van der Waals surface area contributed by atoms with Gasteiger partial charge in [-0.1, -0.05) is 30.3 Å². The largest absolute Gasteiger partial charge is 0.490 e. The molecule has 2 aromatic carbocycles. The van der Waals surface area contributed by atoms with Crippen LogP contribution < -0.4 is 4.72 Å². The first-order valence-corrected chi connectivity index (χ1v) is 12.6. The van der Waals surface area contributed by atoms with E-state index in [4.69, 9.17) is 9.90 Å². The number of nitrogens with one attached hydrogen (secondary N) is 1. The van der Waals surface area contributed by atoms with Gasteiger partial charge in [-0.2, -0.15) is 18.4 Å². The van der Waals surface area contributed by atoms with Gasteiger partial charge in [0, 0.05) is 28.2 Å². The van der Waals surface area contributed by atoms with Crippen LogP contribution in [0, 0.1) is 11.3 Å². The van der Waals surface area contributed by atoms with Crippen molar-refractivity contribution in [2.45, 2.75) is 29.7 Å². The number of aliphatic carboxylic acids is 1. The number of alkyl halides is 3. The summed E-state index contributed by atoms with van der Waals surface area (Å²) in [4.78, 5) is 26.4. The first-order chi connectivity index (χ1) is 16.6. The van der Waals surface area contributed by atoms with Crippen LogP contribution in [0.3, 0.4) is 0 Å². The van der Waals surface area contributed by atoms with E-state index in [1.807, 2.05) is 35.1 Å². The van der Waals surface area contributed by atoms with Crippen molar-refractivity contribution in [2.24, 2.45) is 0 Å². The summed E-state index contributed by atoms with van der Waals surface area (Å²) < 4.78 is 55.7. The number of pyridine rings is 1. The molecule has 3 rings (SSSR count). The number of aromatic nitrogens is 1. The number of nitriles is 1. The first kappa shape index (κ1) is 28.6. The normalized spacial score (nSPS) is 11.7. The van der Waals surface area contributed by atoms with Crippen LogP contribution in [0.4, 0.5) is 13.2 Å². The summed E-state index contributed by atoms with van der Waals surface area (Å²) in [5, 5.41) is 18.3. The lowest BCUT2D eigenvalue weighted by atomic mass is 9.96. The third kappa shape index (κ3) is 7.43. The lowest BCUT2D eigenvalue weighted by Gasteiger charge is -2.24. The fourth-order valence-electron chi connectivity index (χ4n) is 2.92. The maximum atomic E-state index is 12.5. The van der Waals surface area contributed by atoms with E-state index in [1.54, 1.807) is 38.4 Å². The zero-order chi connectivity index (χ0) is 27.3. The van der Waals surface area contributed by atoms with Gasteiger partial charge in [0.15, 0.2) is 0 Å². The molecule has 3 aromatic rings. The standard InChI is InChI=1S/C21H19N3O3S2.C2HF3O2/c1-21(2,20(25)24-29(3,26)27)28-19-10-11-23-13-18(19)17-9-8-14(12-22)15-6-4-5-7-16(15)17;3-2(4,5)1(6)7/h4-11,13H,1-3H3,(H,24,25);(H,6,7). The topological polar surface area (TPSA) is 137 Å². The van der Waals surface area contributed by atoms with Crippen molar-refractivity contribution >= 4 is 44.4 Å². The lowest BCUT2D eigenvalue weighted by molar-refractivity contribution is -0.192. The molecule has 0 bridgehead atoms. The van der Waals surface area contributed by atoms with Gasteiger partial charge in [-0.05, 0) is 36.9 Å². The number of carboxylic acid groups (broad SMARTS) is 1. The number of carboxylic acids is 1. The summed E-state index contributed by atoms with van der Waals surface area (Å²) in [6.07, 6.45) is -0.796. The van der Waals surface area contributed by atoms with Crippen LogP contribution >= 0.6 is 11.8 Å². The molecule has 0 fully saturated rings. The summed E-state index contributed by atoms with van der Waals surface area (Å²) in [5.41, 5.74) is 2.27. The van der Waals surface area contributed by atoms with E-state index >= 15 is 0 Å². The highest BCUT2D eigenvalue weighted by Crippen LogP contribution is 2.41. The Morgan fingerprint density at radius 3 is 2.17 bits per heavy atom. The smallest absolute Gasteiger partial charge is 0.475 e. The third-order valence-corrected chi connectivity index (χ3v) is 6.38. The number of fused-ring (bicyclic) bond motifs is 1. The molecule has 0 spiro atoms. The predicted molar refractivity (Wildman–Crippen MR) is 129 cm³/mol. The minimum Gasteiger partial charge on any atom is -0.475 e. The van der Waals surface area contributed by atoms with E-state index < -0.39 is 32.8 Å². The Morgan fingerprint density at radius 1 is 1.06 bits per heavy atom. The van der Waals surface area contributed by atoms with Gasteiger partial charge in [-0.15, -0.1) is 11.8 Å². The van der Waals surface area contributed by atoms with Gasteiger partial charge in [0.05, 0.1) is 22.6 Å². The van der Waals surface area contributed by atoms with Crippen molar-refractivity contribution in [3.63, 3.8) is 0 Å². The fraction of sp³-hybridized carbons (Fsp3) is 0.217. The van der Waals surface area contributed by atoms with E-state index in [1.165, 1.54) is 11.8 Å². The molecule has 1 aromatic heterocycles. The number of nitrogens with zero attached hydrogens (tertiary/aromatic N) is 2. The minimum absolute atomic E-state index is 0.579. The van der Waals surface area contributed by atoms with Gasteiger partial charge < -0.3 is 5.11 Å². The molecule has 0 aliphatic heterocycles. The molecule has 190 valence electrons. The lowest BCUT2D eigenvalue weighted by Crippen LogP contribution is -2.42. The molecule has 8 nitrogen and oxygen atoms in total. The number of thioether (sulfide) groups is 1. The number of sulfonamides is 1. The Morgan fingerprint density at radius 2 is 1.64 bits per heavy atom. The van der Waals surface area contributed by atoms with E-state index in [0.717, 1.165) is 33.1 Å². The van der Waals surface area contributed by atoms with E-state index in [0.29, 0.717) is 5.56 Å². The zero-order valence-corrected chi connectivity index (χ0v) is 20.8. The Labute approximate surface area is 209 Å². The van der Waals surface area contributed by atoms with Gasteiger partial charge >= 0.3 is 12.1 Å². The predicted octanol–water partition coefficient (Wildman–Crippen LogP) is 4.35. The molecule has 36 heavy (non-hydrogen) atoms. The van der Waals surface area contributed by atoms with Crippen molar-refractivity contribution in [3.05, 3.63) is 60.4 Å². The highest BCUT2D eigenvalue weighted by molar-refractivity contribution is 8.01. The molecule has 13 heteroatoms. The molecule has 0 atom stereocenters. The van der Waals surface area contributed by atoms with Crippen LogP contribution in [0.1, 0.15) is 19.4 Å². The zero-order valence-electron chi connectivity index (χ0n) is 19.1. The summed E-state index contributed by atoms with van der Waals surface area (Å²) in [7, 11) is -3.65. The summed E-state index contributed by atoms with van der Waals surface area (Å²) >= 11 is 1.25. The van der Waals surface area contributed by atoms with Gasteiger partial charge in [-0.25, -0.2) is 13.2 Å². The van der Waals surface area contributed by atoms with Gasteiger partial charge in [0.2, 0.25) is 15.9 Å². The average Bonchev–Trinajstić information content (AvgIpc) is 2.77. The van der Waals surface area contributed by atoms with E-state index in [-0.39, 0.29) is 0 Å². The Kier molecular flexibility index (Phi) is 8.71. The number of benzene rings is 2. The first-order valence-electron chi connectivity index (χ1n) is 9.94. The third-order valence-electron chi connectivity index (χ3n) is 4.55. The monoisotopic (exact) mass is 539 g/mol. The molecule has 0 saturated heterocycles. The second kappa shape index (κ2) is 11.0. The van der Waals surface area contributed by atoms with Crippen LogP contribution in [-0.2, 0) is 19.6 Å². The van der Waals surface area contributed by atoms with Crippen molar-refractivity contribution in [2.75, 3.05) is 6.26 Å². The number of hydrogen-bond acceptors (Lipinski definition) is 7. The van der Waals surface area contributed by atoms with Gasteiger partial charge in [0.25, 0.3) is 0 Å². The van der Waals surface area contributed by atoms with Crippen LogP contribution in [0.5, 0.6) is 0 Å². The molecular formula is C23H20F3N3O5S2. The summed E-state index contributed by atoms with van der Waals surface area (Å²) in [6.45, 7) is 3.33. The second-order valence-corrected chi connectivity index (χ2v) is 11.2. The van der Waals surface area contributed by atoms with Crippen molar-refractivity contribution in [1.82, 2.24) is 9.71 Å².